The van der Waals surface area contributed by atoms with Gasteiger partial charge in [0.15, 0.2) is 0 Å². The van der Waals surface area contributed by atoms with Gasteiger partial charge >= 0.3 is 5.97 Å². The predicted octanol–water partition coefficient (Wildman–Crippen LogP) is 2.85. The van der Waals surface area contributed by atoms with E-state index in [4.69, 9.17) is 0 Å². The summed E-state index contributed by atoms with van der Waals surface area (Å²) in [6.07, 6.45) is 3.37. The van der Waals surface area contributed by atoms with E-state index in [-0.39, 0.29) is 12.0 Å². The number of rotatable bonds is 4. The van der Waals surface area contributed by atoms with Gasteiger partial charge in [-0.15, -0.1) is 0 Å². The third-order valence-electron chi connectivity index (χ3n) is 4.46. The van der Waals surface area contributed by atoms with Crippen LogP contribution in [0.2, 0.25) is 0 Å². The van der Waals surface area contributed by atoms with Crippen molar-refractivity contribution in [3.8, 4) is 0 Å². The molecule has 0 unspecified atom stereocenters. The van der Waals surface area contributed by atoms with E-state index in [1.165, 1.54) is 0 Å². The number of hydrogen-bond acceptors (Lipinski definition) is 2. The van der Waals surface area contributed by atoms with Gasteiger partial charge in [0.05, 0.1) is 12.0 Å². The molecule has 1 aromatic carbocycles. The van der Waals surface area contributed by atoms with Gasteiger partial charge < -0.3 is 10.2 Å². The summed E-state index contributed by atoms with van der Waals surface area (Å²) < 4.78 is 0. The highest BCUT2D eigenvalue weighted by Gasteiger charge is 2.43. The van der Waals surface area contributed by atoms with Crippen molar-refractivity contribution in [2.45, 2.75) is 50.4 Å². The molecule has 0 aliphatic heterocycles. The van der Waals surface area contributed by atoms with E-state index < -0.39 is 11.4 Å². The molecular formula is C16H22O3. The molecule has 1 aromatic rings. The average molecular weight is 262 g/mol. The van der Waals surface area contributed by atoms with Crippen molar-refractivity contribution in [3.63, 3.8) is 0 Å². The summed E-state index contributed by atoms with van der Waals surface area (Å²) in [5, 5.41) is 19.1. The zero-order chi connectivity index (χ0) is 14.1. The summed E-state index contributed by atoms with van der Waals surface area (Å²) in [5.74, 6) is -0.719. The fourth-order valence-electron chi connectivity index (χ4n) is 2.93. The zero-order valence-electron chi connectivity index (χ0n) is 11.6. The van der Waals surface area contributed by atoms with Crippen LogP contribution in [0.15, 0.2) is 24.3 Å². The second-order valence-corrected chi connectivity index (χ2v) is 6.22. The van der Waals surface area contributed by atoms with Crippen LogP contribution in [0.25, 0.3) is 0 Å². The highest BCUT2D eigenvalue weighted by Crippen LogP contribution is 2.42. The largest absolute Gasteiger partial charge is 0.481 e. The quantitative estimate of drug-likeness (QED) is 0.877. The normalized spacial score (nSPS) is 18.5. The number of hydrogen-bond donors (Lipinski definition) is 2. The Balaban J connectivity index is 2.46. The summed E-state index contributed by atoms with van der Waals surface area (Å²) >= 11 is 0. The lowest BCUT2D eigenvalue weighted by Gasteiger charge is -2.28. The molecule has 0 bridgehead atoms. The van der Waals surface area contributed by atoms with Crippen LogP contribution in [-0.4, -0.2) is 22.8 Å². The SMILES string of the molecule is CC(C)(CO)c1cccc(C2(C(=O)O)CCCC2)c1. The number of aliphatic carboxylic acids is 1. The van der Waals surface area contributed by atoms with Crippen LogP contribution < -0.4 is 0 Å². The van der Waals surface area contributed by atoms with Crippen molar-refractivity contribution < 1.29 is 15.0 Å². The van der Waals surface area contributed by atoms with Gasteiger partial charge in [0.2, 0.25) is 0 Å². The van der Waals surface area contributed by atoms with Gasteiger partial charge in [0, 0.05) is 5.41 Å². The average Bonchev–Trinajstić information content (AvgIpc) is 2.89. The Morgan fingerprint density at radius 2 is 1.95 bits per heavy atom. The third kappa shape index (κ3) is 2.39. The second-order valence-electron chi connectivity index (χ2n) is 6.22. The molecular weight excluding hydrogens is 240 g/mol. The molecule has 0 heterocycles. The summed E-state index contributed by atoms with van der Waals surface area (Å²) in [5.41, 5.74) is 0.826. The molecule has 1 fully saturated rings. The molecule has 19 heavy (non-hydrogen) atoms. The number of aliphatic hydroxyl groups excluding tert-OH is 1. The van der Waals surface area contributed by atoms with Crippen molar-refractivity contribution in [2.75, 3.05) is 6.61 Å². The first kappa shape index (κ1) is 14.1. The van der Waals surface area contributed by atoms with E-state index in [1.807, 2.05) is 38.1 Å². The molecule has 3 heteroatoms. The third-order valence-corrected chi connectivity index (χ3v) is 4.46. The standard InChI is InChI=1S/C16H22O3/c1-15(2,11-17)12-6-5-7-13(10-12)16(14(18)19)8-3-4-9-16/h5-7,10,17H,3-4,8-9,11H2,1-2H3,(H,18,19). The van der Waals surface area contributed by atoms with Crippen molar-refractivity contribution in [3.05, 3.63) is 35.4 Å². The summed E-state index contributed by atoms with van der Waals surface area (Å²) in [7, 11) is 0. The fourth-order valence-corrected chi connectivity index (χ4v) is 2.93. The van der Waals surface area contributed by atoms with Gasteiger partial charge in [-0.05, 0) is 24.0 Å². The molecule has 0 amide bonds. The predicted molar refractivity (Wildman–Crippen MR) is 74.3 cm³/mol. The fraction of sp³-hybridized carbons (Fsp3) is 0.562. The summed E-state index contributed by atoms with van der Waals surface area (Å²) in [4.78, 5) is 11.7. The molecule has 2 N–H and O–H groups in total. The number of carboxylic acid groups (broad SMARTS) is 1. The van der Waals surface area contributed by atoms with Gasteiger partial charge in [0.1, 0.15) is 0 Å². The van der Waals surface area contributed by atoms with Gasteiger partial charge in [-0.1, -0.05) is 51.0 Å². The van der Waals surface area contributed by atoms with Crippen LogP contribution >= 0.6 is 0 Å². The molecule has 0 spiro atoms. The topological polar surface area (TPSA) is 57.5 Å². The molecule has 0 aromatic heterocycles. The van der Waals surface area contributed by atoms with Crippen LogP contribution in [0.5, 0.6) is 0 Å². The van der Waals surface area contributed by atoms with Crippen LogP contribution in [0, 0.1) is 0 Å². The zero-order valence-corrected chi connectivity index (χ0v) is 11.6. The molecule has 0 radical (unpaired) electrons. The first-order valence-corrected chi connectivity index (χ1v) is 6.88. The second kappa shape index (κ2) is 4.97. The van der Waals surface area contributed by atoms with Gasteiger partial charge in [-0.3, -0.25) is 4.79 Å². The highest BCUT2D eigenvalue weighted by atomic mass is 16.4. The molecule has 1 saturated carbocycles. The monoisotopic (exact) mass is 262 g/mol. The van der Waals surface area contributed by atoms with Crippen LogP contribution in [0.3, 0.4) is 0 Å². The van der Waals surface area contributed by atoms with Crippen LogP contribution in [0.1, 0.15) is 50.7 Å². The Morgan fingerprint density at radius 3 is 2.47 bits per heavy atom. The molecule has 1 aliphatic carbocycles. The Morgan fingerprint density at radius 1 is 1.32 bits per heavy atom. The molecule has 104 valence electrons. The maximum Gasteiger partial charge on any atom is 0.314 e. The maximum atomic E-state index is 11.7. The van der Waals surface area contributed by atoms with Gasteiger partial charge in [-0.2, -0.15) is 0 Å². The van der Waals surface area contributed by atoms with E-state index in [9.17, 15) is 15.0 Å². The van der Waals surface area contributed by atoms with Crippen LogP contribution in [-0.2, 0) is 15.6 Å². The Kier molecular flexibility index (Phi) is 3.68. The van der Waals surface area contributed by atoms with Crippen molar-refractivity contribution in [2.24, 2.45) is 0 Å². The lowest BCUT2D eigenvalue weighted by Crippen LogP contribution is -2.33. The van der Waals surface area contributed by atoms with E-state index in [0.717, 1.165) is 24.0 Å². The maximum absolute atomic E-state index is 11.7. The Labute approximate surface area is 114 Å². The van der Waals surface area contributed by atoms with E-state index >= 15 is 0 Å². The van der Waals surface area contributed by atoms with Crippen LogP contribution in [0.4, 0.5) is 0 Å². The number of carboxylic acids is 1. The Bertz CT molecular complexity index is 471. The van der Waals surface area contributed by atoms with Gasteiger partial charge in [0.25, 0.3) is 0 Å². The minimum absolute atomic E-state index is 0.0521. The summed E-state index contributed by atoms with van der Waals surface area (Å²) in [6, 6.07) is 7.75. The van der Waals surface area contributed by atoms with Crippen molar-refractivity contribution >= 4 is 5.97 Å². The molecule has 0 atom stereocenters. The summed E-state index contributed by atoms with van der Waals surface area (Å²) in [6.45, 7) is 3.99. The van der Waals surface area contributed by atoms with E-state index in [0.29, 0.717) is 12.8 Å². The van der Waals surface area contributed by atoms with Crippen molar-refractivity contribution in [1.82, 2.24) is 0 Å². The van der Waals surface area contributed by atoms with Gasteiger partial charge in [-0.25, -0.2) is 0 Å². The van der Waals surface area contributed by atoms with E-state index in [2.05, 4.69) is 0 Å². The number of carbonyl (C=O) groups is 1. The van der Waals surface area contributed by atoms with Crippen molar-refractivity contribution in [1.29, 1.82) is 0 Å². The molecule has 2 rings (SSSR count). The first-order chi connectivity index (χ1) is 8.92. The smallest absolute Gasteiger partial charge is 0.314 e. The first-order valence-electron chi connectivity index (χ1n) is 6.88. The molecule has 1 aliphatic rings. The lowest BCUT2D eigenvalue weighted by atomic mass is 9.76. The number of aliphatic hydroxyl groups is 1. The highest BCUT2D eigenvalue weighted by molar-refractivity contribution is 5.81. The minimum atomic E-state index is -0.721. The molecule has 3 nitrogen and oxygen atoms in total. The lowest BCUT2D eigenvalue weighted by molar-refractivity contribution is -0.143. The number of benzene rings is 1. The Hall–Kier alpha value is -1.35. The minimum Gasteiger partial charge on any atom is -0.481 e. The molecule has 0 saturated heterocycles. The van der Waals surface area contributed by atoms with E-state index in [1.54, 1.807) is 0 Å².